The largest absolute Gasteiger partial charge is 0.389 e. The van der Waals surface area contributed by atoms with Crippen molar-refractivity contribution in [2.75, 3.05) is 6.61 Å². The number of rotatable bonds is 7. The molecular weight excluding hydrogens is 297 g/mol. The van der Waals surface area contributed by atoms with E-state index in [1.807, 2.05) is 35.3 Å². The molecule has 120 valence electrons. The summed E-state index contributed by atoms with van der Waals surface area (Å²) in [7, 11) is 0. The van der Waals surface area contributed by atoms with Crippen LogP contribution in [0.5, 0.6) is 0 Å². The van der Waals surface area contributed by atoms with Gasteiger partial charge < -0.3 is 14.4 Å². The summed E-state index contributed by atoms with van der Waals surface area (Å²) in [4.78, 5) is 0. The third kappa shape index (κ3) is 4.06. The molecule has 3 aromatic rings. The lowest BCUT2D eigenvalue weighted by Gasteiger charge is -2.11. The van der Waals surface area contributed by atoms with Gasteiger partial charge in [-0.2, -0.15) is 5.10 Å². The lowest BCUT2D eigenvalue weighted by atomic mass is 10.2. The van der Waals surface area contributed by atoms with E-state index in [1.54, 1.807) is 29.1 Å². The van der Waals surface area contributed by atoms with E-state index in [1.165, 1.54) is 6.07 Å². The summed E-state index contributed by atoms with van der Waals surface area (Å²) in [6, 6.07) is 10.3. The fourth-order valence-electron chi connectivity index (χ4n) is 2.28. The number of nitrogens with zero attached hydrogens (tertiary/aromatic N) is 3. The quantitative estimate of drug-likeness (QED) is 0.728. The Bertz CT molecular complexity index is 740. The van der Waals surface area contributed by atoms with Crippen LogP contribution in [0.4, 0.5) is 4.39 Å². The summed E-state index contributed by atoms with van der Waals surface area (Å²) >= 11 is 0. The zero-order valence-electron chi connectivity index (χ0n) is 12.5. The molecule has 0 spiro atoms. The van der Waals surface area contributed by atoms with Gasteiger partial charge in [0.2, 0.25) is 0 Å². The van der Waals surface area contributed by atoms with Crippen molar-refractivity contribution in [3.63, 3.8) is 0 Å². The van der Waals surface area contributed by atoms with E-state index >= 15 is 0 Å². The molecule has 23 heavy (non-hydrogen) atoms. The fourth-order valence-corrected chi connectivity index (χ4v) is 2.28. The van der Waals surface area contributed by atoms with Gasteiger partial charge in [-0.15, -0.1) is 0 Å². The second-order valence-electron chi connectivity index (χ2n) is 5.27. The van der Waals surface area contributed by atoms with Gasteiger partial charge in [0.15, 0.2) is 0 Å². The monoisotopic (exact) mass is 315 g/mol. The van der Waals surface area contributed by atoms with Crippen LogP contribution in [0.1, 0.15) is 5.56 Å². The smallest absolute Gasteiger partial charge is 0.128 e. The Balaban J connectivity index is 1.48. The summed E-state index contributed by atoms with van der Waals surface area (Å²) in [6.45, 7) is 0.572. The summed E-state index contributed by atoms with van der Waals surface area (Å²) in [6.07, 6.45) is 6.72. The Morgan fingerprint density at radius 1 is 1.17 bits per heavy atom. The van der Waals surface area contributed by atoms with E-state index in [0.717, 1.165) is 5.69 Å². The molecule has 0 amide bonds. The SMILES string of the molecule is OC(COCc1ccccc1F)Cn1cc(-n2cccc2)cn1. The maximum Gasteiger partial charge on any atom is 0.128 e. The van der Waals surface area contributed by atoms with Crippen LogP contribution in [0.2, 0.25) is 0 Å². The molecular formula is C17H18FN3O2. The van der Waals surface area contributed by atoms with Gasteiger partial charge in [0.05, 0.1) is 37.7 Å². The minimum atomic E-state index is -0.709. The normalized spacial score (nSPS) is 12.4. The van der Waals surface area contributed by atoms with Crippen molar-refractivity contribution in [2.24, 2.45) is 0 Å². The highest BCUT2D eigenvalue weighted by molar-refractivity contribution is 5.26. The number of aliphatic hydroxyl groups is 1. The zero-order valence-corrected chi connectivity index (χ0v) is 12.5. The van der Waals surface area contributed by atoms with Crippen LogP contribution >= 0.6 is 0 Å². The van der Waals surface area contributed by atoms with Gasteiger partial charge in [0.25, 0.3) is 0 Å². The molecule has 0 saturated carbocycles. The molecule has 5 nitrogen and oxygen atoms in total. The number of ether oxygens (including phenoxy) is 1. The highest BCUT2D eigenvalue weighted by atomic mass is 19.1. The molecule has 1 atom stereocenters. The van der Waals surface area contributed by atoms with Crippen molar-refractivity contribution < 1.29 is 14.2 Å². The number of hydrogen-bond donors (Lipinski definition) is 1. The standard InChI is InChI=1S/C17H18FN3O2/c18-17-6-2-1-5-14(17)12-23-13-16(22)11-21-10-15(9-19-21)20-7-3-4-8-20/h1-10,16,22H,11-13H2. The van der Waals surface area contributed by atoms with Gasteiger partial charge in [0.1, 0.15) is 5.82 Å². The molecule has 1 N–H and O–H groups in total. The van der Waals surface area contributed by atoms with Crippen molar-refractivity contribution in [1.29, 1.82) is 0 Å². The van der Waals surface area contributed by atoms with Gasteiger partial charge in [-0.05, 0) is 18.2 Å². The van der Waals surface area contributed by atoms with Gasteiger partial charge in [0, 0.05) is 24.2 Å². The van der Waals surface area contributed by atoms with E-state index in [9.17, 15) is 9.50 Å². The first-order valence-corrected chi connectivity index (χ1v) is 7.37. The Labute approximate surface area is 133 Å². The first-order chi connectivity index (χ1) is 11.2. The summed E-state index contributed by atoms with van der Waals surface area (Å²) in [5.74, 6) is -0.301. The molecule has 3 rings (SSSR count). The molecule has 2 aromatic heterocycles. The number of aromatic nitrogens is 3. The third-order valence-electron chi connectivity index (χ3n) is 3.45. The first kappa shape index (κ1) is 15.5. The maximum absolute atomic E-state index is 13.4. The van der Waals surface area contributed by atoms with E-state index in [-0.39, 0.29) is 19.0 Å². The van der Waals surface area contributed by atoms with Crippen molar-refractivity contribution in [1.82, 2.24) is 14.3 Å². The van der Waals surface area contributed by atoms with Crippen molar-refractivity contribution in [2.45, 2.75) is 19.3 Å². The van der Waals surface area contributed by atoms with E-state index in [2.05, 4.69) is 5.10 Å². The molecule has 1 unspecified atom stereocenters. The molecule has 0 radical (unpaired) electrons. The molecule has 0 aliphatic heterocycles. The summed E-state index contributed by atoms with van der Waals surface area (Å²) in [5, 5.41) is 14.2. The number of benzene rings is 1. The van der Waals surface area contributed by atoms with Crippen LogP contribution < -0.4 is 0 Å². The average Bonchev–Trinajstić information content (AvgIpc) is 3.20. The summed E-state index contributed by atoms with van der Waals surface area (Å²) < 4.78 is 22.4. The molecule has 0 bridgehead atoms. The van der Waals surface area contributed by atoms with E-state index < -0.39 is 6.10 Å². The van der Waals surface area contributed by atoms with Crippen LogP contribution in [0.25, 0.3) is 5.69 Å². The topological polar surface area (TPSA) is 52.2 Å². The van der Waals surface area contributed by atoms with Crippen molar-refractivity contribution >= 4 is 0 Å². The van der Waals surface area contributed by atoms with E-state index in [4.69, 9.17) is 4.74 Å². The van der Waals surface area contributed by atoms with Crippen molar-refractivity contribution in [3.05, 3.63) is 72.6 Å². The van der Waals surface area contributed by atoms with Crippen molar-refractivity contribution in [3.8, 4) is 5.69 Å². The lowest BCUT2D eigenvalue weighted by molar-refractivity contribution is 0.0178. The Hall–Kier alpha value is -2.44. The third-order valence-corrected chi connectivity index (χ3v) is 3.45. The molecule has 2 heterocycles. The van der Waals surface area contributed by atoms with Gasteiger partial charge in [-0.1, -0.05) is 18.2 Å². The molecule has 0 aliphatic carbocycles. The van der Waals surface area contributed by atoms with Crippen LogP contribution in [0.15, 0.2) is 61.2 Å². The number of halogens is 1. The minimum Gasteiger partial charge on any atom is -0.389 e. The Morgan fingerprint density at radius 2 is 1.96 bits per heavy atom. The van der Waals surface area contributed by atoms with Crippen LogP contribution in [-0.2, 0) is 17.9 Å². The second-order valence-corrected chi connectivity index (χ2v) is 5.27. The Morgan fingerprint density at radius 3 is 2.74 bits per heavy atom. The van der Waals surface area contributed by atoms with Gasteiger partial charge in [-0.25, -0.2) is 4.39 Å². The predicted octanol–water partition coefficient (Wildman–Crippen LogP) is 2.39. The zero-order chi connectivity index (χ0) is 16.1. The van der Waals surface area contributed by atoms with Crippen LogP contribution in [-0.4, -0.2) is 32.2 Å². The molecule has 0 saturated heterocycles. The second kappa shape index (κ2) is 7.21. The molecule has 0 aliphatic rings. The first-order valence-electron chi connectivity index (χ1n) is 7.37. The lowest BCUT2D eigenvalue weighted by Crippen LogP contribution is -2.22. The molecule has 6 heteroatoms. The number of hydrogen-bond acceptors (Lipinski definition) is 3. The van der Waals surface area contributed by atoms with E-state index in [0.29, 0.717) is 12.1 Å². The van der Waals surface area contributed by atoms with Crippen LogP contribution in [0, 0.1) is 5.82 Å². The fraction of sp³-hybridized carbons (Fsp3) is 0.235. The Kier molecular flexibility index (Phi) is 4.85. The average molecular weight is 315 g/mol. The summed E-state index contributed by atoms with van der Waals surface area (Å²) in [5.41, 5.74) is 1.41. The van der Waals surface area contributed by atoms with Gasteiger partial charge in [-0.3, -0.25) is 4.68 Å². The minimum absolute atomic E-state index is 0.118. The molecule has 1 aromatic carbocycles. The highest BCUT2D eigenvalue weighted by Crippen LogP contribution is 2.09. The maximum atomic E-state index is 13.4. The van der Waals surface area contributed by atoms with Gasteiger partial charge >= 0.3 is 0 Å². The predicted molar refractivity (Wildman–Crippen MR) is 83.6 cm³/mol. The van der Waals surface area contributed by atoms with Crippen LogP contribution in [0.3, 0.4) is 0 Å². The molecule has 0 fully saturated rings. The number of aliphatic hydroxyl groups excluding tert-OH is 1. The highest BCUT2D eigenvalue weighted by Gasteiger charge is 2.09.